The summed E-state index contributed by atoms with van der Waals surface area (Å²) in [6.45, 7) is 6.59. The molecule has 1 N–H and O–H groups in total. The van der Waals surface area contributed by atoms with Gasteiger partial charge in [-0.3, -0.25) is 4.21 Å². The molecule has 0 aromatic heterocycles. The van der Waals surface area contributed by atoms with E-state index in [4.69, 9.17) is 0 Å². The van der Waals surface area contributed by atoms with Gasteiger partial charge in [0.1, 0.15) is 0 Å². The van der Waals surface area contributed by atoms with Gasteiger partial charge in [0, 0.05) is 22.7 Å². The van der Waals surface area contributed by atoms with E-state index in [1.807, 2.05) is 20.8 Å². The summed E-state index contributed by atoms with van der Waals surface area (Å²) < 4.78 is 37.4. The van der Waals surface area contributed by atoms with Gasteiger partial charge in [-0.25, -0.2) is 8.78 Å². The van der Waals surface area contributed by atoms with Crippen LogP contribution in [-0.4, -0.2) is 22.0 Å². The third-order valence-electron chi connectivity index (χ3n) is 2.10. The van der Waals surface area contributed by atoms with Crippen molar-refractivity contribution in [3.63, 3.8) is 0 Å². The van der Waals surface area contributed by atoms with Crippen LogP contribution in [0.25, 0.3) is 0 Å². The minimum absolute atomic E-state index is 0.0434. The summed E-state index contributed by atoms with van der Waals surface area (Å²) in [5.74, 6) is -1.50. The molecule has 5 heteroatoms. The molecule has 1 aromatic carbocycles. The topological polar surface area (TPSA) is 29.1 Å². The van der Waals surface area contributed by atoms with Crippen molar-refractivity contribution in [3.8, 4) is 0 Å². The number of halogens is 2. The highest BCUT2D eigenvalue weighted by Gasteiger charge is 2.11. The number of nitrogens with one attached hydrogen (secondary N) is 1. The molecule has 17 heavy (non-hydrogen) atoms. The van der Waals surface area contributed by atoms with Crippen molar-refractivity contribution in [2.45, 2.75) is 31.2 Å². The first-order valence-electron chi connectivity index (χ1n) is 5.38. The average Bonchev–Trinajstić information content (AvgIpc) is 2.20. The van der Waals surface area contributed by atoms with E-state index in [0.29, 0.717) is 17.2 Å². The van der Waals surface area contributed by atoms with E-state index in [0.717, 1.165) is 12.1 Å². The largest absolute Gasteiger partial charge is 0.311 e. The summed E-state index contributed by atoms with van der Waals surface area (Å²) in [6.07, 6.45) is 0. The van der Waals surface area contributed by atoms with Crippen LogP contribution in [0.5, 0.6) is 0 Å². The Hall–Kier alpha value is -0.810. The molecule has 0 aliphatic carbocycles. The molecule has 1 rings (SSSR count). The highest BCUT2D eigenvalue weighted by atomic mass is 32.2. The second-order valence-electron chi connectivity index (χ2n) is 4.80. The van der Waals surface area contributed by atoms with Gasteiger partial charge >= 0.3 is 0 Å². The van der Waals surface area contributed by atoms with E-state index in [2.05, 4.69) is 5.32 Å². The van der Waals surface area contributed by atoms with Crippen molar-refractivity contribution < 1.29 is 13.0 Å². The first-order valence-corrected chi connectivity index (χ1v) is 6.70. The lowest BCUT2D eigenvalue weighted by Gasteiger charge is -2.20. The van der Waals surface area contributed by atoms with Crippen molar-refractivity contribution in [2.24, 2.45) is 0 Å². The second-order valence-corrected chi connectivity index (χ2v) is 6.37. The number of hydrogen-bond acceptors (Lipinski definition) is 2. The lowest BCUT2D eigenvalue weighted by molar-refractivity contribution is 0.440. The Kier molecular flexibility index (Phi) is 4.77. The first-order chi connectivity index (χ1) is 7.79. The van der Waals surface area contributed by atoms with Crippen LogP contribution in [0.2, 0.25) is 0 Å². The Morgan fingerprint density at radius 3 is 2.41 bits per heavy atom. The van der Waals surface area contributed by atoms with E-state index in [-0.39, 0.29) is 5.54 Å². The molecule has 0 spiro atoms. The zero-order valence-electron chi connectivity index (χ0n) is 10.2. The molecule has 0 fully saturated rings. The number of rotatable bonds is 4. The molecule has 0 radical (unpaired) electrons. The smallest absolute Gasteiger partial charge is 0.160 e. The van der Waals surface area contributed by atoms with Gasteiger partial charge in [-0.1, -0.05) is 0 Å². The van der Waals surface area contributed by atoms with Gasteiger partial charge in [0.25, 0.3) is 0 Å². The normalized spacial score (nSPS) is 13.7. The standard InChI is InChI=1S/C12H17F2NOS/c1-12(2,3)15-6-7-17(16)9-4-5-10(13)11(14)8-9/h4-5,8,15H,6-7H2,1-3H3. The van der Waals surface area contributed by atoms with Crippen LogP contribution < -0.4 is 5.32 Å². The van der Waals surface area contributed by atoms with E-state index < -0.39 is 22.4 Å². The van der Waals surface area contributed by atoms with E-state index in [1.54, 1.807) is 0 Å². The fourth-order valence-corrected chi connectivity index (χ4v) is 2.23. The Bertz CT molecular complexity index is 415. The predicted molar refractivity (Wildman–Crippen MR) is 65.4 cm³/mol. The zero-order chi connectivity index (χ0) is 13.1. The monoisotopic (exact) mass is 261 g/mol. The van der Waals surface area contributed by atoms with Crippen LogP contribution in [-0.2, 0) is 10.8 Å². The van der Waals surface area contributed by atoms with Crippen LogP contribution >= 0.6 is 0 Å². The fourth-order valence-electron chi connectivity index (χ4n) is 1.26. The molecule has 0 heterocycles. The maximum absolute atomic E-state index is 12.9. The Morgan fingerprint density at radius 1 is 1.24 bits per heavy atom. The SMILES string of the molecule is CC(C)(C)NCCS(=O)c1ccc(F)c(F)c1. The molecular formula is C12H17F2NOS. The molecule has 0 saturated carbocycles. The first kappa shape index (κ1) is 14.3. The summed E-state index contributed by atoms with van der Waals surface area (Å²) in [4.78, 5) is 0.319. The van der Waals surface area contributed by atoms with Crippen molar-refractivity contribution in [1.29, 1.82) is 0 Å². The Morgan fingerprint density at radius 2 is 1.88 bits per heavy atom. The maximum Gasteiger partial charge on any atom is 0.160 e. The van der Waals surface area contributed by atoms with Crippen molar-refractivity contribution in [2.75, 3.05) is 12.3 Å². The molecule has 0 aliphatic rings. The van der Waals surface area contributed by atoms with E-state index >= 15 is 0 Å². The molecule has 96 valence electrons. The number of hydrogen-bond donors (Lipinski definition) is 1. The van der Waals surface area contributed by atoms with E-state index in [9.17, 15) is 13.0 Å². The molecular weight excluding hydrogens is 244 g/mol. The summed E-state index contributed by atoms with van der Waals surface area (Å²) in [5, 5.41) is 3.19. The molecule has 0 aliphatic heterocycles. The third kappa shape index (κ3) is 4.91. The van der Waals surface area contributed by atoms with Gasteiger partial charge in [-0.2, -0.15) is 0 Å². The molecule has 0 saturated heterocycles. The molecule has 1 atom stereocenters. The van der Waals surface area contributed by atoms with Crippen LogP contribution in [0.1, 0.15) is 20.8 Å². The molecule has 2 nitrogen and oxygen atoms in total. The zero-order valence-corrected chi connectivity index (χ0v) is 11.0. The minimum Gasteiger partial charge on any atom is -0.311 e. The highest BCUT2D eigenvalue weighted by Crippen LogP contribution is 2.12. The van der Waals surface area contributed by atoms with Crippen molar-refractivity contribution in [3.05, 3.63) is 29.8 Å². The lowest BCUT2D eigenvalue weighted by atomic mass is 10.1. The quantitative estimate of drug-likeness (QED) is 0.902. The maximum atomic E-state index is 12.9. The van der Waals surface area contributed by atoms with Gasteiger partial charge in [-0.05, 0) is 39.0 Å². The van der Waals surface area contributed by atoms with Gasteiger partial charge in [0.05, 0.1) is 10.8 Å². The molecule has 0 amide bonds. The van der Waals surface area contributed by atoms with Crippen molar-refractivity contribution >= 4 is 10.8 Å². The Balaban J connectivity index is 2.56. The van der Waals surface area contributed by atoms with E-state index in [1.165, 1.54) is 6.07 Å². The van der Waals surface area contributed by atoms with Crippen LogP contribution in [0.15, 0.2) is 23.1 Å². The highest BCUT2D eigenvalue weighted by molar-refractivity contribution is 7.85. The second kappa shape index (κ2) is 5.69. The summed E-state index contributed by atoms with van der Waals surface area (Å²) in [7, 11) is -1.31. The van der Waals surface area contributed by atoms with Crippen molar-refractivity contribution in [1.82, 2.24) is 5.32 Å². The van der Waals surface area contributed by atoms with Crippen LogP contribution in [0, 0.1) is 11.6 Å². The minimum atomic E-state index is -1.31. The van der Waals surface area contributed by atoms with Gasteiger partial charge < -0.3 is 5.32 Å². The average molecular weight is 261 g/mol. The van der Waals surface area contributed by atoms with Gasteiger partial charge in [-0.15, -0.1) is 0 Å². The lowest BCUT2D eigenvalue weighted by Crippen LogP contribution is -2.38. The molecule has 0 bridgehead atoms. The third-order valence-corrected chi connectivity index (χ3v) is 3.45. The van der Waals surface area contributed by atoms with Gasteiger partial charge in [0.2, 0.25) is 0 Å². The molecule has 1 aromatic rings. The van der Waals surface area contributed by atoms with Gasteiger partial charge in [0.15, 0.2) is 11.6 Å². The Labute approximate surface area is 103 Å². The predicted octanol–water partition coefficient (Wildman–Crippen LogP) is 2.46. The number of benzene rings is 1. The van der Waals surface area contributed by atoms with Crippen LogP contribution in [0.4, 0.5) is 8.78 Å². The summed E-state index contributed by atoms with van der Waals surface area (Å²) in [5.41, 5.74) is -0.0434. The fraction of sp³-hybridized carbons (Fsp3) is 0.500. The van der Waals surface area contributed by atoms with Crippen LogP contribution in [0.3, 0.4) is 0 Å². The summed E-state index contributed by atoms with van der Waals surface area (Å²) in [6, 6.07) is 3.34. The summed E-state index contributed by atoms with van der Waals surface area (Å²) >= 11 is 0. The molecule has 1 unspecified atom stereocenters.